The van der Waals surface area contributed by atoms with Crippen molar-refractivity contribution in [1.29, 1.82) is 0 Å². The monoisotopic (exact) mass is 969 g/mol. The first-order valence-electron chi connectivity index (χ1n) is 24.8. The molecule has 4 fully saturated rings. The van der Waals surface area contributed by atoms with Crippen molar-refractivity contribution < 1.29 is 37.4 Å². The van der Waals surface area contributed by atoms with E-state index in [9.17, 15) is 23.6 Å². The Bertz CT molecular complexity index is 2800. The van der Waals surface area contributed by atoms with Crippen molar-refractivity contribution >= 4 is 57.3 Å². The van der Waals surface area contributed by atoms with Gasteiger partial charge in [0.25, 0.3) is 5.91 Å². The van der Waals surface area contributed by atoms with Gasteiger partial charge >= 0.3 is 0 Å². The SMILES string of the molecule is CNC(=O)C(C)N1Cc2c(ccc(F)c2N2CCC(N3CCN(CC4CCN(c5cc6nccc(Oc7ccc(NC(=O)C8(C(=O)Nc9ccc(F)cc9)CC8)cc7)c6cc5OC)CC4)CC3)CC2)C1=O. The highest BCUT2D eigenvalue weighted by Gasteiger charge is 2.56. The van der Waals surface area contributed by atoms with Crippen LogP contribution >= 0.6 is 0 Å². The van der Waals surface area contributed by atoms with Crippen LogP contribution < -0.4 is 35.2 Å². The van der Waals surface area contributed by atoms with Crippen LogP contribution in [-0.2, 0) is 20.9 Å². The number of hydrogen-bond acceptors (Lipinski definition) is 11. The molecule has 1 aliphatic carbocycles. The lowest BCUT2D eigenvalue weighted by Gasteiger charge is -2.44. The van der Waals surface area contributed by atoms with Crippen molar-refractivity contribution in [3.8, 4) is 17.2 Å². The summed E-state index contributed by atoms with van der Waals surface area (Å²) in [6.45, 7) is 10.4. The van der Waals surface area contributed by atoms with E-state index in [4.69, 9.17) is 14.5 Å². The largest absolute Gasteiger partial charge is 0.495 e. The van der Waals surface area contributed by atoms with Crippen molar-refractivity contribution in [3.63, 3.8) is 0 Å². The van der Waals surface area contributed by atoms with Crippen LogP contribution in [0.5, 0.6) is 17.2 Å². The lowest BCUT2D eigenvalue weighted by Crippen LogP contribution is -2.54. The maximum Gasteiger partial charge on any atom is 0.255 e. The lowest BCUT2D eigenvalue weighted by molar-refractivity contribution is -0.131. The van der Waals surface area contributed by atoms with Gasteiger partial charge in [0.15, 0.2) is 0 Å². The number of rotatable bonds is 14. The molecule has 3 N–H and O–H groups in total. The van der Waals surface area contributed by atoms with Crippen LogP contribution in [0.4, 0.5) is 31.5 Å². The van der Waals surface area contributed by atoms with Gasteiger partial charge in [0.1, 0.15) is 40.3 Å². The van der Waals surface area contributed by atoms with Gasteiger partial charge in [-0.25, -0.2) is 8.78 Å². The van der Waals surface area contributed by atoms with E-state index in [0.717, 1.165) is 107 Å². The van der Waals surface area contributed by atoms with Gasteiger partial charge in [-0.2, -0.15) is 0 Å². The van der Waals surface area contributed by atoms with Crippen LogP contribution in [0.3, 0.4) is 0 Å². The van der Waals surface area contributed by atoms with Crippen LogP contribution in [0, 0.1) is 23.0 Å². The van der Waals surface area contributed by atoms with Gasteiger partial charge < -0.3 is 45.0 Å². The number of nitrogens with zero attached hydrogens (tertiary/aromatic N) is 6. The highest BCUT2D eigenvalue weighted by Crippen LogP contribution is 2.48. The van der Waals surface area contributed by atoms with Crippen LogP contribution in [0.25, 0.3) is 10.9 Å². The topological polar surface area (TPSA) is 152 Å². The molecule has 1 unspecified atom stereocenters. The Hall–Kier alpha value is -6.85. The fourth-order valence-corrected chi connectivity index (χ4v) is 10.9. The van der Waals surface area contributed by atoms with Crippen LogP contribution in [0.15, 0.2) is 85.1 Å². The Morgan fingerprint density at radius 2 is 1.44 bits per heavy atom. The molecule has 1 aromatic heterocycles. The van der Waals surface area contributed by atoms with E-state index in [-0.39, 0.29) is 24.2 Å². The zero-order valence-corrected chi connectivity index (χ0v) is 40.5. The number of fused-ring (bicyclic) bond motifs is 2. The predicted molar refractivity (Wildman–Crippen MR) is 268 cm³/mol. The minimum absolute atomic E-state index is 0.227. The summed E-state index contributed by atoms with van der Waals surface area (Å²) in [5.41, 5.74) is 3.27. The molecule has 372 valence electrons. The van der Waals surface area contributed by atoms with Gasteiger partial charge in [0, 0.05) is 113 Å². The summed E-state index contributed by atoms with van der Waals surface area (Å²) in [4.78, 5) is 67.9. The van der Waals surface area contributed by atoms with E-state index in [2.05, 4.69) is 41.6 Å². The number of aromatic nitrogens is 1. The summed E-state index contributed by atoms with van der Waals surface area (Å²) in [6.07, 6.45) is 6.59. The first kappa shape index (κ1) is 47.8. The number of piperidine rings is 2. The van der Waals surface area contributed by atoms with Crippen molar-refractivity contribution in [1.82, 2.24) is 25.0 Å². The molecule has 0 bridgehead atoms. The minimum atomic E-state index is -1.17. The maximum absolute atomic E-state index is 15.5. The Morgan fingerprint density at radius 3 is 2.07 bits per heavy atom. The molecule has 1 atom stereocenters. The molecule has 0 spiro atoms. The number of benzene rings is 4. The third-order valence-electron chi connectivity index (χ3n) is 15.4. The molecule has 5 aromatic rings. The Labute approximate surface area is 412 Å². The average molecular weight is 970 g/mol. The average Bonchev–Trinajstić information content (AvgIpc) is 4.15. The minimum Gasteiger partial charge on any atom is -0.495 e. The molecule has 5 aliphatic rings. The van der Waals surface area contributed by atoms with Crippen molar-refractivity contribution in [2.24, 2.45) is 11.3 Å². The Balaban J connectivity index is 0.689. The number of carbonyl (C=O) groups is 4. The smallest absolute Gasteiger partial charge is 0.255 e. The molecule has 4 amide bonds. The first-order valence-corrected chi connectivity index (χ1v) is 24.8. The van der Waals surface area contributed by atoms with E-state index in [0.29, 0.717) is 64.5 Å². The number of nitrogens with one attached hydrogen (secondary N) is 3. The lowest BCUT2D eigenvalue weighted by atomic mass is 9.95. The van der Waals surface area contributed by atoms with Gasteiger partial charge in [0.2, 0.25) is 17.7 Å². The Morgan fingerprint density at radius 1 is 0.789 bits per heavy atom. The van der Waals surface area contributed by atoms with Crippen molar-refractivity contribution in [3.05, 3.63) is 108 Å². The molecule has 3 saturated heterocycles. The number of halogens is 2. The number of hydrogen-bond donors (Lipinski definition) is 3. The molecular weight excluding hydrogens is 909 g/mol. The molecule has 10 rings (SSSR count). The third kappa shape index (κ3) is 9.81. The third-order valence-corrected chi connectivity index (χ3v) is 15.4. The van der Waals surface area contributed by atoms with Crippen molar-refractivity contribution in [2.75, 3.05) is 93.5 Å². The second-order valence-electron chi connectivity index (χ2n) is 19.6. The second kappa shape index (κ2) is 20.1. The fourth-order valence-electron chi connectivity index (χ4n) is 10.9. The van der Waals surface area contributed by atoms with E-state index in [1.54, 1.807) is 57.6 Å². The predicted octanol–water partition coefficient (Wildman–Crippen LogP) is 7.26. The van der Waals surface area contributed by atoms with Crippen LogP contribution in [-0.4, -0.2) is 128 Å². The van der Waals surface area contributed by atoms with Gasteiger partial charge in [-0.15, -0.1) is 0 Å². The first-order chi connectivity index (χ1) is 34.4. The summed E-state index contributed by atoms with van der Waals surface area (Å²) in [7, 11) is 3.24. The number of ether oxygens (including phenoxy) is 2. The van der Waals surface area contributed by atoms with E-state index in [1.165, 1.54) is 35.2 Å². The molecule has 4 aromatic carbocycles. The zero-order valence-electron chi connectivity index (χ0n) is 40.5. The van der Waals surface area contributed by atoms with Crippen LogP contribution in [0.1, 0.15) is 61.4 Å². The van der Waals surface area contributed by atoms with Crippen LogP contribution in [0.2, 0.25) is 0 Å². The maximum atomic E-state index is 15.5. The number of pyridine rings is 1. The molecule has 71 heavy (non-hydrogen) atoms. The van der Waals surface area contributed by atoms with E-state index < -0.39 is 29.1 Å². The van der Waals surface area contributed by atoms with E-state index in [1.807, 2.05) is 12.1 Å². The number of carbonyl (C=O) groups excluding carboxylic acids is 4. The normalized spacial score (nSPS) is 19.1. The summed E-state index contributed by atoms with van der Waals surface area (Å²) in [5, 5.41) is 9.03. The summed E-state index contributed by atoms with van der Waals surface area (Å²) in [6, 6.07) is 21.1. The van der Waals surface area contributed by atoms with Gasteiger partial charge in [-0.05, 0) is 130 Å². The zero-order chi connectivity index (χ0) is 49.4. The standard InChI is InChI=1S/C54H61F2N9O6/c1-34(50(66)57-2)65-33-43-41(51(65)67)12-13-44(56)49(43)64-24-17-39(18-25-64)62-28-26-61(27-29-62)32-35-15-22-63(23-16-35)46-31-45-42(30-48(46)70-3)47(14-21-58-45)71-40-10-8-38(9-11-40)60-53(69)54(19-20-54)52(68)59-37-6-4-36(55)5-7-37/h4-14,21,30-31,34-35,39H,15-20,22-29,32-33H2,1-3H3,(H,57,66)(H,59,68)(H,60,69). The van der Waals surface area contributed by atoms with Gasteiger partial charge in [0.05, 0.1) is 24.0 Å². The molecule has 15 nitrogen and oxygen atoms in total. The molecule has 4 aliphatic heterocycles. The molecule has 5 heterocycles. The fraction of sp³-hybridized carbons (Fsp3) is 0.426. The molecule has 1 saturated carbocycles. The molecule has 0 radical (unpaired) electrons. The molecular formula is C54H61F2N9O6. The number of methoxy groups -OCH3 is 1. The second-order valence-corrected chi connectivity index (χ2v) is 19.6. The number of likely N-dealkylation sites (N-methyl/N-ethyl adjacent to an activating group) is 1. The highest BCUT2D eigenvalue weighted by atomic mass is 19.1. The number of amides is 4. The molecule has 17 heteroatoms. The van der Waals surface area contributed by atoms with Gasteiger partial charge in [-0.1, -0.05) is 0 Å². The quantitative estimate of drug-likeness (QED) is 0.0965. The Kier molecular flexibility index (Phi) is 13.5. The number of piperazine rings is 1. The van der Waals surface area contributed by atoms with Gasteiger partial charge in [-0.3, -0.25) is 29.1 Å². The summed E-state index contributed by atoms with van der Waals surface area (Å²) >= 11 is 0. The summed E-state index contributed by atoms with van der Waals surface area (Å²) < 4.78 is 41.1. The van der Waals surface area contributed by atoms with Crippen molar-refractivity contribution in [2.45, 2.75) is 64.1 Å². The highest BCUT2D eigenvalue weighted by molar-refractivity contribution is 6.17. The summed E-state index contributed by atoms with van der Waals surface area (Å²) in [5.74, 6) is 0.518. The van der Waals surface area contributed by atoms with E-state index >= 15 is 4.39 Å². The number of anilines is 4.